The number of hydrogen-bond donors (Lipinski definition) is 3. The van der Waals surface area contributed by atoms with Crippen molar-refractivity contribution in [1.29, 1.82) is 0 Å². The topological polar surface area (TPSA) is 102 Å². The van der Waals surface area contributed by atoms with E-state index in [-0.39, 0.29) is 29.1 Å². The number of nitrogens with one attached hydrogen (secondary N) is 1. The van der Waals surface area contributed by atoms with Gasteiger partial charge in [0.1, 0.15) is 5.56 Å². The van der Waals surface area contributed by atoms with E-state index >= 15 is 0 Å². The molecule has 1 aromatic heterocycles. The van der Waals surface area contributed by atoms with E-state index in [1.807, 2.05) is 0 Å². The molecule has 174 valence electrons. The predicted octanol–water partition coefficient (Wildman–Crippen LogP) is 4.23. The van der Waals surface area contributed by atoms with Crippen molar-refractivity contribution in [3.63, 3.8) is 0 Å². The molecule has 2 aliphatic rings. The Morgan fingerprint density at radius 3 is 2.41 bits per heavy atom. The van der Waals surface area contributed by atoms with Crippen molar-refractivity contribution in [1.82, 2.24) is 9.78 Å². The molecule has 1 aromatic carbocycles. The lowest BCUT2D eigenvalue weighted by molar-refractivity contribution is -0.206. The van der Waals surface area contributed by atoms with E-state index in [4.69, 9.17) is 10.5 Å². The largest absolute Gasteiger partial charge is 0.418 e. The zero-order valence-electron chi connectivity index (χ0n) is 17.5. The number of primary amides is 1. The molecule has 0 bridgehead atoms. The van der Waals surface area contributed by atoms with Crippen LogP contribution in [0.3, 0.4) is 0 Å². The Balaban J connectivity index is 1.41. The fourth-order valence-electron chi connectivity index (χ4n) is 3.96. The standard InChI is InChI=1S/C22H27F3N4O3/c23-22(24,25)19(30)14-3-5-15(6-4-14)27-21-18(20(26)31)11-29(28-21)16-7-9-17(10-8-16)32-12-13-1-2-13/h3-6,11,13,16-17,19,30H,1-2,7-10,12H2,(H2,26,31)(H,27,28). The minimum Gasteiger partial charge on any atom is -0.379 e. The molecule has 1 atom stereocenters. The third-order valence-electron chi connectivity index (χ3n) is 6.08. The van der Waals surface area contributed by atoms with Crippen LogP contribution in [-0.2, 0) is 4.74 Å². The van der Waals surface area contributed by atoms with Crippen LogP contribution in [0.4, 0.5) is 24.7 Å². The quantitative estimate of drug-likeness (QED) is 0.556. The fraction of sp³-hybridized carbons (Fsp3) is 0.545. The average Bonchev–Trinajstić information content (AvgIpc) is 3.50. The van der Waals surface area contributed by atoms with Gasteiger partial charge in [0, 0.05) is 18.5 Å². The number of carbonyl (C=O) groups excluding carboxylic acids is 1. The Bertz CT molecular complexity index is 933. The Morgan fingerprint density at radius 2 is 1.84 bits per heavy atom. The lowest BCUT2D eigenvalue weighted by atomic mass is 9.93. The number of rotatable bonds is 8. The van der Waals surface area contributed by atoms with Crippen molar-refractivity contribution in [3.8, 4) is 0 Å². The molecule has 2 aliphatic carbocycles. The number of anilines is 2. The minimum absolute atomic E-state index is 0.119. The number of hydrogen-bond acceptors (Lipinski definition) is 5. The van der Waals surface area contributed by atoms with Crippen molar-refractivity contribution in [2.75, 3.05) is 11.9 Å². The van der Waals surface area contributed by atoms with Crippen LogP contribution in [-0.4, -0.2) is 39.7 Å². The first-order valence-electron chi connectivity index (χ1n) is 10.8. The number of benzene rings is 1. The molecular weight excluding hydrogens is 425 g/mol. The summed E-state index contributed by atoms with van der Waals surface area (Å²) in [5, 5.41) is 16.8. The van der Waals surface area contributed by atoms with E-state index in [0.717, 1.165) is 38.2 Å². The van der Waals surface area contributed by atoms with E-state index in [1.165, 1.54) is 37.1 Å². The van der Waals surface area contributed by atoms with Gasteiger partial charge in [0.25, 0.3) is 5.91 Å². The molecule has 0 saturated heterocycles. The number of nitrogens with two attached hydrogens (primary N) is 1. The smallest absolute Gasteiger partial charge is 0.379 e. The molecule has 1 amide bonds. The number of aliphatic hydroxyl groups excluding tert-OH is 1. The molecule has 2 saturated carbocycles. The van der Waals surface area contributed by atoms with Gasteiger partial charge in [0.15, 0.2) is 11.9 Å². The summed E-state index contributed by atoms with van der Waals surface area (Å²) < 4.78 is 45.7. The van der Waals surface area contributed by atoms with Crippen molar-refractivity contribution < 1.29 is 27.8 Å². The van der Waals surface area contributed by atoms with Gasteiger partial charge in [0.05, 0.1) is 12.1 Å². The van der Waals surface area contributed by atoms with Gasteiger partial charge >= 0.3 is 6.18 Å². The van der Waals surface area contributed by atoms with Gasteiger partial charge in [-0.15, -0.1) is 0 Å². The summed E-state index contributed by atoms with van der Waals surface area (Å²) in [4.78, 5) is 11.9. The molecule has 7 nitrogen and oxygen atoms in total. The lowest BCUT2D eigenvalue weighted by Crippen LogP contribution is -2.24. The number of amides is 1. The minimum atomic E-state index is -4.74. The van der Waals surface area contributed by atoms with Crippen molar-refractivity contribution in [2.24, 2.45) is 11.7 Å². The van der Waals surface area contributed by atoms with Gasteiger partial charge in [0.2, 0.25) is 0 Å². The Labute approximate surface area is 183 Å². The van der Waals surface area contributed by atoms with Crippen molar-refractivity contribution in [3.05, 3.63) is 41.6 Å². The SMILES string of the molecule is NC(=O)c1cn(C2CCC(OCC3CC3)CC2)nc1Nc1ccc(C(O)C(F)(F)F)cc1. The molecule has 0 spiro atoms. The molecular formula is C22H27F3N4O3. The normalized spacial score (nSPS) is 22.5. The summed E-state index contributed by atoms with van der Waals surface area (Å²) in [7, 11) is 0. The van der Waals surface area contributed by atoms with Gasteiger partial charge in [-0.25, -0.2) is 0 Å². The Morgan fingerprint density at radius 1 is 1.19 bits per heavy atom. The van der Waals surface area contributed by atoms with E-state index in [2.05, 4.69) is 10.4 Å². The second kappa shape index (κ2) is 9.11. The van der Waals surface area contributed by atoms with Gasteiger partial charge in [-0.2, -0.15) is 18.3 Å². The summed E-state index contributed by atoms with van der Waals surface area (Å²) in [6.45, 7) is 0.843. The first-order valence-corrected chi connectivity index (χ1v) is 10.8. The van der Waals surface area contributed by atoms with Crippen LogP contribution in [0.5, 0.6) is 0 Å². The van der Waals surface area contributed by atoms with Crippen LogP contribution >= 0.6 is 0 Å². The first kappa shape index (κ1) is 22.6. The lowest BCUT2D eigenvalue weighted by Gasteiger charge is -2.28. The van der Waals surface area contributed by atoms with E-state index in [9.17, 15) is 23.1 Å². The van der Waals surface area contributed by atoms with Crippen molar-refractivity contribution in [2.45, 2.75) is 63.0 Å². The molecule has 0 aliphatic heterocycles. The summed E-state index contributed by atoms with van der Waals surface area (Å²) >= 11 is 0. The third-order valence-corrected chi connectivity index (χ3v) is 6.08. The molecule has 1 unspecified atom stereocenters. The number of halogens is 3. The van der Waals surface area contributed by atoms with Gasteiger partial charge in [-0.05, 0) is 62.1 Å². The highest BCUT2D eigenvalue weighted by Gasteiger charge is 2.39. The summed E-state index contributed by atoms with van der Waals surface area (Å²) in [6.07, 6.45) is 0.708. The highest BCUT2D eigenvalue weighted by molar-refractivity contribution is 5.98. The first-order chi connectivity index (χ1) is 15.2. The molecule has 10 heteroatoms. The van der Waals surface area contributed by atoms with Gasteiger partial charge in [-0.1, -0.05) is 12.1 Å². The second-order valence-electron chi connectivity index (χ2n) is 8.63. The number of aliphatic hydroxyl groups is 1. The van der Waals surface area contributed by atoms with Gasteiger partial charge < -0.3 is 20.9 Å². The number of carbonyl (C=O) groups is 1. The third kappa shape index (κ3) is 5.42. The monoisotopic (exact) mass is 452 g/mol. The molecule has 4 N–H and O–H groups in total. The molecule has 4 rings (SSSR count). The summed E-state index contributed by atoms with van der Waals surface area (Å²) in [5.41, 5.74) is 5.86. The van der Waals surface area contributed by atoms with Crippen LogP contribution in [0.15, 0.2) is 30.5 Å². The molecule has 0 radical (unpaired) electrons. The molecule has 2 aromatic rings. The van der Waals surface area contributed by atoms with Gasteiger partial charge in [-0.3, -0.25) is 9.48 Å². The summed E-state index contributed by atoms with van der Waals surface area (Å²) in [5.74, 6) is 0.328. The molecule has 1 heterocycles. The van der Waals surface area contributed by atoms with Crippen LogP contribution in [0.1, 0.15) is 66.6 Å². The zero-order chi connectivity index (χ0) is 22.9. The Kier molecular flexibility index (Phi) is 6.43. The maximum atomic E-state index is 12.7. The van der Waals surface area contributed by atoms with E-state index in [0.29, 0.717) is 5.69 Å². The number of alkyl halides is 3. The number of aromatic nitrogens is 2. The predicted molar refractivity (Wildman–Crippen MR) is 111 cm³/mol. The van der Waals surface area contributed by atoms with Crippen LogP contribution in [0.25, 0.3) is 0 Å². The maximum Gasteiger partial charge on any atom is 0.418 e. The zero-order valence-corrected chi connectivity index (χ0v) is 17.5. The van der Waals surface area contributed by atoms with E-state index < -0.39 is 18.2 Å². The second-order valence-corrected chi connectivity index (χ2v) is 8.63. The van der Waals surface area contributed by atoms with Crippen molar-refractivity contribution >= 4 is 17.4 Å². The van der Waals surface area contributed by atoms with Crippen LogP contribution < -0.4 is 11.1 Å². The average molecular weight is 452 g/mol. The number of nitrogens with zero attached hydrogens (tertiary/aromatic N) is 2. The fourth-order valence-corrected chi connectivity index (χ4v) is 3.96. The Hall–Kier alpha value is -2.59. The highest BCUT2D eigenvalue weighted by Crippen LogP contribution is 2.35. The van der Waals surface area contributed by atoms with Crippen LogP contribution in [0.2, 0.25) is 0 Å². The highest BCUT2D eigenvalue weighted by atomic mass is 19.4. The van der Waals surface area contributed by atoms with Crippen LogP contribution in [0, 0.1) is 5.92 Å². The summed E-state index contributed by atoms with van der Waals surface area (Å²) in [6, 6.07) is 5.23. The number of ether oxygens (including phenoxy) is 1. The maximum absolute atomic E-state index is 12.7. The molecule has 32 heavy (non-hydrogen) atoms. The van der Waals surface area contributed by atoms with E-state index in [1.54, 1.807) is 10.9 Å². The molecule has 2 fully saturated rings.